The van der Waals surface area contributed by atoms with E-state index in [9.17, 15) is 8.78 Å². The first kappa shape index (κ1) is 13.1. The van der Waals surface area contributed by atoms with E-state index in [4.69, 9.17) is 0 Å². The van der Waals surface area contributed by atoms with Crippen molar-refractivity contribution >= 4 is 23.1 Å². The van der Waals surface area contributed by atoms with Gasteiger partial charge in [0.2, 0.25) is 0 Å². The van der Waals surface area contributed by atoms with Gasteiger partial charge in [0, 0.05) is 5.56 Å². The van der Waals surface area contributed by atoms with Crippen LogP contribution >= 0.6 is 23.1 Å². The number of nitrogens with zero attached hydrogens (tertiary/aromatic N) is 3. The van der Waals surface area contributed by atoms with Crippen LogP contribution in [-0.2, 0) is 0 Å². The Kier molecular flexibility index (Phi) is 3.70. The number of hydrogen-bond donors (Lipinski definition) is 0. The van der Waals surface area contributed by atoms with E-state index in [0.717, 1.165) is 29.7 Å². The lowest BCUT2D eigenvalue weighted by molar-refractivity contribution is 0.530. The van der Waals surface area contributed by atoms with Crippen molar-refractivity contribution in [2.45, 2.75) is 9.24 Å². The molecule has 0 amide bonds. The van der Waals surface area contributed by atoms with Crippen LogP contribution < -0.4 is 0 Å². The number of benzene rings is 1. The second kappa shape index (κ2) is 5.64. The van der Waals surface area contributed by atoms with Gasteiger partial charge >= 0.3 is 0 Å². The van der Waals surface area contributed by atoms with Crippen LogP contribution in [0.1, 0.15) is 0 Å². The molecular weight excluding hydrogens is 300 g/mol. The summed E-state index contributed by atoms with van der Waals surface area (Å²) in [5.41, 5.74) is 0.924. The first-order chi connectivity index (χ1) is 9.74. The van der Waals surface area contributed by atoms with Crippen molar-refractivity contribution in [3.63, 3.8) is 0 Å². The van der Waals surface area contributed by atoms with Crippen molar-refractivity contribution in [1.82, 2.24) is 15.2 Å². The van der Waals surface area contributed by atoms with Crippen LogP contribution in [0.2, 0.25) is 0 Å². The molecule has 0 aliphatic rings. The molecule has 0 bridgehead atoms. The Morgan fingerprint density at radius 1 is 0.950 bits per heavy atom. The van der Waals surface area contributed by atoms with Gasteiger partial charge in [-0.1, -0.05) is 53.4 Å². The van der Waals surface area contributed by atoms with Crippen LogP contribution in [0.15, 0.2) is 52.0 Å². The minimum Gasteiger partial charge on any atom is -0.259 e. The predicted octanol–water partition coefficient (Wildman–Crippen LogP) is 4.03. The summed E-state index contributed by atoms with van der Waals surface area (Å²) in [5, 5.41) is 8.69. The third-order valence-corrected chi connectivity index (χ3v) is 4.54. The van der Waals surface area contributed by atoms with Gasteiger partial charge in [0.15, 0.2) is 16.0 Å². The lowest BCUT2D eigenvalue weighted by atomic mass is 10.2. The maximum Gasteiger partial charge on any atom is 0.179 e. The topological polar surface area (TPSA) is 38.7 Å². The molecule has 0 aliphatic carbocycles. The molecule has 0 saturated carbocycles. The molecular formula is C13H7F2N3S2. The Morgan fingerprint density at radius 2 is 1.65 bits per heavy atom. The van der Waals surface area contributed by atoms with Crippen molar-refractivity contribution in [2.24, 2.45) is 0 Å². The molecule has 0 spiro atoms. The van der Waals surface area contributed by atoms with Crippen molar-refractivity contribution < 1.29 is 8.78 Å². The first-order valence-electron chi connectivity index (χ1n) is 5.60. The average Bonchev–Trinajstić information content (AvgIpc) is 2.93. The molecule has 0 unspecified atom stereocenters. The number of rotatable bonds is 3. The van der Waals surface area contributed by atoms with Gasteiger partial charge in [-0.15, -0.1) is 10.2 Å². The molecule has 0 saturated heterocycles. The average molecular weight is 307 g/mol. The van der Waals surface area contributed by atoms with E-state index in [2.05, 4.69) is 15.2 Å². The zero-order chi connectivity index (χ0) is 13.9. The maximum absolute atomic E-state index is 13.5. The summed E-state index contributed by atoms with van der Waals surface area (Å²) in [6.07, 6.45) is 1.95. The normalized spacial score (nSPS) is 10.7. The van der Waals surface area contributed by atoms with Crippen molar-refractivity contribution in [3.8, 4) is 10.6 Å². The van der Waals surface area contributed by atoms with Crippen LogP contribution in [0.25, 0.3) is 10.6 Å². The zero-order valence-corrected chi connectivity index (χ0v) is 11.6. The van der Waals surface area contributed by atoms with Crippen molar-refractivity contribution in [3.05, 3.63) is 54.4 Å². The zero-order valence-electron chi connectivity index (χ0n) is 9.96. The van der Waals surface area contributed by atoms with Crippen LogP contribution in [0.3, 0.4) is 0 Å². The fraction of sp³-hybridized carbons (Fsp3) is 0. The molecule has 1 aromatic carbocycles. The second-order valence-electron chi connectivity index (χ2n) is 3.77. The SMILES string of the molecule is Fc1cncc(F)c1Sc1nnc(-c2ccccc2)s1. The Labute approximate surface area is 121 Å². The van der Waals surface area contributed by atoms with E-state index >= 15 is 0 Å². The van der Waals surface area contributed by atoms with E-state index in [1.165, 1.54) is 11.3 Å². The molecule has 2 aromatic heterocycles. The lowest BCUT2D eigenvalue weighted by Gasteiger charge is -1.99. The van der Waals surface area contributed by atoms with Crippen molar-refractivity contribution in [1.29, 1.82) is 0 Å². The molecule has 0 fully saturated rings. The fourth-order valence-corrected chi connectivity index (χ4v) is 3.33. The van der Waals surface area contributed by atoms with E-state index in [-0.39, 0.29) is 4.90 Å². The van der Waals surface area contributed by atoms with Gasteiger partial charge in [0.1, 0.15) is 5.01 Å². The quantitative estimate of drug-likeness (QED) is 0.732. The highest BCUT2D eigenvalue weighted by Gasteiger charge is 2.14. The minimum absolute atomic E-state index is 0.115. The van der Waals surface area contributed by atoms with E-state index in [0.29, 0.717) is 9.35 Å². The molecule has 7 heteroatoms. The van der Waals surface area contributed by atoms with Crippen LogP contribution in [0.5, 0.6) is 0 Å². The molecule has 0 atom stereocenters. The van der Waals surface area contributed by atoms with E-state index in [1.54, 1.807) is 0 Å². The smallest absolute Gasteiger partial charge is 0.179 e. The molecule has 0 radical (unpaired) electrons. The minimum atomic E-state index is -0.702. The summed E-state index contributed by atoms with van der Waals surface area (Å²) in [4.78, 5) is 3.33. The number of aromatic nitrogens is 3. The predicted molar refractivity (Wildman–Crippen MR) is 73.6 cm³/mol. The van der Waals surface area contributed by atoms with Crippen LogP contribution in [-0.4, -0.2) is 15.2 Å². The van der Waals surface area contributed by atoms with Gasteiger partial charge in [0.05, 0.1) is 17.3 Å². The standard InChI is InChI=1S/C13H7F2N3S2/c14-9-6-16-7-10(15)11(9)19-13-18-17-12(20-13)8-4-2-1-3-5-8/h1-7H. The van der Waals surface area contributed by atoms with Crippen molar-refractivity contribution in [2.75, 3.05) is 0 Å². The Morgan fingerprint density at radius 3 is 2.35 bits per heavy atom. The lowest BCUT2D eigenvalue weighted by Crippen LogP contribution is -1.89. The first-order valence-corrected chi connectivity index (χ1v) is 7.23. The third kappa shape index (κ3) is 2.68. The molecule has 2 heterocycles. The molecule has 0 aliphatic heterocycles. The van der Waals surface area contributed by atoms with Gasteiger partial charge in [-0.05, 0) is 0 Å². The summed E-state index contributed by atoms with van der Waals surface area (Å²) in [6.45, 7) is 0. The van der Waals surface area contributed by atoms with Crippen LogP contribution in [0, 0.1) is 11.6 Å². The molecule has 20 heavy (non-hydrogen) atoms. The molecule has 3 aromatic rings. The number of halogens is 2. The molecule has 0 N–H and O–H groups in total. The highest BCUT2D eigenvalue weighted by molar-refractivity contribution is 8.01. The fourth-order valence-electron chi connectivity index (χ4n) is 1.53. The molecule has 100 valence electrons. The van der Waals surface area contributed by atoms with Gasteiger partial charge in [-0.25, -0.2) is 8.78 Å². The van der Waals surface area contributed by atoms with E-state index in [1.807, 2.05) is 30.3 Å². The molecule has 3 rings (SSSR count). The molecule has 3 nitrogen and oxygen atoms in total. The summed E-state index contributed by atoms with van der Waals surface area (Å²) >= 11 is 2.20. The van der Waals surface area contributed by atoms with Gasteiger partial charge < -0.3 is 0 Å². The Balaban J connectivity index is 1.88. The Hall–Kier alpha value is -1.86. The summed E-state index contributed by atoms with van der Waals surface area (Å²) in [6, 6.07) is 9.50. The highest BCUT2D eigenvalue weighted by Crippen LogP contribution is 2.35. The monoisotopic (exact) mass is 307 g/mol. The van der Waals surface area contributed by atoms with Gasteiger partial charge in [0.25, 0.3) is 0 Å². The van der Waals surface area contributed by atoms with Crippen LogP contribution in [0.4, 0.5) is 8.78 Å². The van der Waals surface area contributed by atoms with Gasteiger partial charge in [-0.3, -0.25) is 4.98 Å². The summed E-state index contributed by atoms with van der Waals surface area (Å²) in [5.74, 6) is -1.40. The largest absolute Gasteiger partial charge is 0.259 e. The second-order valence-corrected chi connectivity index (χ2v) is 6.01. The summed E-state index contributed by atoms with van der Waals surface area (Å²) < 4.78 is 27.5. The maximum atomic E-state index is 13.5. The number of hydrogen-bond acceptors (Lipinski definition) is 5. The third-order valence-electron chi connectivity index (χ3n) is 2.43. The Bertz CT molecular complexity index is 711. The number of pyridine rings is 1. The summed E-state index contributed by atoms with van der Waals surface area (Å²) in [7, 11) is 0. The van der Waals surface area contributed by atoms with E-state index < -0.39 is 11.6 Å². The highest BCUT2D eigenvalue weighted by atomic mass is 32.2. The van der Waals surface area contributed by atoms with Gasteiger partial charge in [-0.2, -0.15) is 0 Å².